The molecule has 0 atom stereocenters. The summed E-state index contributed by atoms with van der Waals surface area (Å²) in [4.78, 5) is -0.129. The molecule has 2 N–H and O–H groups in total. The van der Waals surface area contributed by atoms with Gasteiger partial charge >= 0.3 is 0 Å². The van der Waals surface area contributed by atoms with E-state index < -0.39 is 27.5 Å². The molecule has 0 saturated heterocycles. The Hall–Kier alpha value is -3.33. The van der Waals surface area contributed by atoms with E-state index in [0.717, 1.165) is 18.2 Å². The number of fused-ring (bicyclic) bond motifs is 1. The van der Waals surface area contributed by atoms with E-state index in [0.29, 0.717) is 5.56 Å². The number of para-hydroxylation sites is 1. The second-order valence-electron chi connectivity index (χ2n) is 6.32. The number of guanidine groups is 1. The van der Waals surface area contributed by atoms with Crippen molar-refractivity contribution in [1.29, 1.82) is 0 Å². The van der Waals surface area contributed by atoms with E-state index in [9.17, 15) is 21.6 Å². The van der Waals surface area contributed by atoms with Crippen LogP contribution in [0.3, 0.4) is 0 Å². The number of benzene rings is 3. The number of hydrogen-bond donors (Lipinski definition) is 2. The van der Waals surface area contributed by atoms with Gasteiger partial charge < -0.3 is 10.6 Å². The Kier molecular flexibility index (Phi) is 4.75. The number of rotatable bonds is 3. The summed E-state index contributed by atoms with van der Waals surface area (Å²) >= 11 is 0. The summed E-state index contributed by atoms with van der Waals surface area (Å²) in [7, 11) is -4.07. The van der Waals surface area contributed by atoms with Gasteiger partial charge in [-0.1, -0.05) is 30.3 Å². The molecule has 0 saturated carbocycles. The first-order chi connectivity index (χ1) is 13.8. The molecule has 3 aromatic rings. The predicted molar refractivity (Wildman–Crippen MR) is 103 cm³/mol. The van der Waals surface area contributed by atoms with Crippen molar-refractivity contribution in [3.8, 4) is 11.1 Å². The van der Waals surface area contributed by atoms with Crippen LogP contribution in [-0.2, 0) is 16.6 Å². The highest BCUT2D eigenvalue weighted by atomic mass is 32.2. The molecule has 0 unspecified atom stereocenters. The number of nitrogens with zero attached hydrogens (tertiary/aromatic N) is 1. The van der Waals surface area contributed by atoms with Gasteiger partial charge in [0.05, 0.1) is 5.69 Å². The summed E-state index contributed by atoms with van der Waals surface area (Å²) in [5.41, 5.74) is 0.895. The van der Waals surface area contributed by atoms with E-state index in [1.165, 1.54) is 24.3 Å². The molecule has 9 heteroatoms. The lowest BCUT2D eigenvalue weighted by molar-refractivity contribution is 0.584. The Morgan fingerprint density at radius 2 is 1.66 bits per heavy atom. The smallest absolute Gasteiger partial charge is 0.287 e. The molecule has 0 spiro atoms. The second-order valence-corrected chi connectivity index (χ2v) is 7.89. The third-order valence-electron chi connectivity index (χ3n) is 4.34. The molecule has 148 valence electrons. The fraction of sp³-hybridized carbons (Fsp3) is 0.0500. The Morgan fingerprint density at radius 3 is 2.38 bits per heavy atom. The fourth-order valence-electron chi connectivity index (χ4n) is 3.03. The Bertz CT molecular complexity index is 1220. The molecule has 1 aliphatic rings. The summed E-state index contributed by atoms with van der Waals surface area (Å²) in [6, 6.07) is 13.3. The quantitative estimate of drug-likeness (QED) is 0.675. The zero-order chi connectivity index (χ0) is 20.6. The van der Waals surface area contributed by atoms with E-state index in [2.05, 4.69) is 15.0 Å². The van der Waals surface area contributed by atoms with Gasteiger partial charge in [-0.05, 0) is 29.8 Å². The summed E-state index contributed by atoms with van der Waals surface area (Å²) in [6.45, 7) is -0.0138. The number of sulfonamides is 1. The van der Waals surface area contributed by atoms with Crippen LogP contribution < -0.4 is 10.6 Å². The highest BCUT2D eigenvalue weighted by Crippen LogP contribution is 2.37. The van der Waals surface area contributed by atoms with Crippen molar-refractivity contribution >= 4 is 21.7 Å². The minimum atomic E-state index is -4.07. The average Bonchev–Trinajstić information content (AvgIpc) is 2.66. The minimum Gasteiger partial charge on any atom is -0.351 e. The van der Waals surface area contributed by atoms with E-state index in [-0.39, 0.29) is 34.2 Å². The molecular formula is C20H14F3N3O2S. The lowest BCUT2D eigenvalue weighted by atomic mass is 10.0. The van der Waals surface area contributed by atoms with Crippen LogP contribution >= 0.6 is 0 Å². The van der Waals surface area contributed by atoms with E-state index in [1.807, 2.05) is 0 Å². The first kappa shape index (κ1) is 19.0. The van der Waals surface area contributed by atoms with Crippen molar-refractivity contribution in [2.45, 2.75) is 11.4 Å². The summed E-state index contributed by atoms with van der Waals surface area (Å²) in [5, 5.41) is 5.59. The number of anilines is 1. The van der Waals surface area contributed by atoms with Crippen LogP contribution in [0.4, 0.5) is 18.9 Å². The Balaban J connectivity index is 1.72. The molecule has 0 radical (unpaired) electrons. The molecule has 5 nitrogen and oxygen atoms in total. The van der Waals surface area contributed by atoms with Gasteiger partial charge in [0.25, 0.3) is 10.0 Å². The summed E-state index contributed by atoms with van der Waals surface area (Å²) in [5.74, 6) is -2.15. The topological polar surface area (TPSA) is 70.6 Å². The molecule has 3 aromatic carbocycles. The first-order valence-corrected chi connectivity index (χ1v) is 9.96. The number of halogens is 3. The standard InChI is InChI=1S/C20H14F3N3O2S/c21-14-8-13(9-15(22)10-14)16-5-3-7-18-19(16)25-20(26-29(18,27)28)24-11-12-4-1-2-6-17(12)23/h1-10H,11H2,(H2,24,25,26). The molecule has 1 heterocycles. The molecule has 29 heavy (non-hydrogen) atoms. The third-order valence-corrected chi connectivity index (χ3v) is 5.66. The summed E-state index contributed by atoms with van der Waals surface area (Å²) < 4.78 is 70.0. The van der Waals surface area contributed by atoms with Gasteiger partial charge in [-0.3, -0.25) is 0 Å². The molecular weight excluding hydrogens is 403 g/mol. The van der Waals surface area contributed by atoms with Crippen molar-refractivity contribution in [3.63, 3.8) is 0 Å². The van der Waals surface area contributed by atoms with Crippen molar-refractivity contribution in [1.82, 2.24) is 5.32 Å². The van der Waals surface area contributed by atoms with Gasteiger partial charge in [0.2, 0.25) is 5.96 Å². The first-order valence-electron chi connectivity index (χ1n) is 8.52. The van der Waals surface area contributed by atoms with Crippen molar-refractivity contribution in [3.05, 3.63) is 83.7 Å². The predicted octanol–water partition coefficient (Wildman–Crippen LogP) is 4.03. The van der Waals surface area contributed by atoms with Gasteiger partial charge in [-0.25, -0.2) is 13.2 Å². The lowest BCUT2D eigenvalue weighted by Crippen LogP contribution is -2.34. The Morgan fingerprint density at radius 1 is 0.931 bits per heavy atom. The molecule has 0 bridgehead atoms. The molecule has 1 aliphatic heterocycles. The fourth-order valence-corrected chi connectivity index (χ4v) is 4.15. The third kappa shape index (κ3) is 3.81. The van der Waals surface area contributed by atoms with Gasteiger partial charge in [0.15, 0.2) is 0 Å². The van der Waals surface area contributed by atoms with Gasteiger partial charge in [-0.2, -0.15) is 8.42 Å². The molecule has 0 aliphatic carbocycles. The highest BCUT2D eigenvalue weighted by molar-refractivity contribution is 7.90. The summed E-state index contributed by atoms with van der Waals surface area (Å²) in [6.07, 6.45) is 0. The maximum absolute atomic E-state index is 13.8. The van der Waals surface area contributed by atoms with Crippen LogP contribution in [0.2, 0.25) is 0 Å². The van der Waals surface area contributed by atoms with Crippen LogP contribution in [0.1, 0.15) is 5.56 Å². The lowest BCUT2D eigenvalue weighted by Gasteiger charge is -2.22. The van der Waals surface area contributed by atoms with Crippen molar-refractivity contribution in [2.24, 2.45) is 4.40 Å². The van der Waals surface area contributed by atoms with Gasteiger partial charge in [0.1, 0.15) is 22.3 Å². The van der Waals surface area contributed by atoms with Crippen LogP contribution in [0.15, 0.2) is 70.0 Å². The van der Waals surface area contributed by atoms with Crippen LogP contribution in [-0.4, -0.2) is 14.4 Å². The van der Waals surface area contributed by atoms with Gasteiger partial charge in [0, 0.05) is 23.7 Å². The average molecular weight is 417 g/mol. The second kappa shape index (κ2) is 7.25. The largest absolute Gasteiger partial charge is 0.351 e. The highest BCUT2D eigenvalue weighted by Gasteiger charge is 2.27. The molecule has 0 fully saturated rings. The van der Waals surface area contributed by atoms with Crippen LogP contribution in [0.25, 0.3) is 11.1 Å². The molecule has 0 aromatic heterocycles. The van der Waals surface area contributed by atoms with Gasteiger partial charge in [-0.15, -0.1) is 4.40 Å². The minimum absolute atomic E-state index is 0.0138. The van der Waals surface area contributed by atoms with Crippen LogP contribution in [0, 0.1) is 17.5 Å². The Labute approximate surface area is 165 Å². The van der Waals surface area contributed by atoms with Crippen LogP contribution in [0.5, 0.6) is 0 Å². The number of hydrogen-bond acceptors (Lipinski definition) is 4. The van der Waals surface area contributed by atoms with Crippen molar-refractivity contribution in [2.75, 3.05) is 5.32 Å². The van der Waals surface area contributed by atoms with E-state index in [1.54, 1.807) is 18.2 Å². The monoisotopic (exact) mass is 417 g/mol. The van der Waals surface area contributed by atoms with Crippen molar-refractivity contribution < 1.29 is 21.6 Å². The zero-order valence-electron chi connectivity index (χ0n) is 14.8. The maximum atomic E-state index is 13.8. The SMILES string of the molecule is O=S1(=O)N=C(NCc2ccccc2F)Nc2c(-c3cc(F)cc(F)c3)cccc21. The molecule has 4 rings (SSSR count). The normalized spacial score (nSPS) is 14.5. The maximum Gasteiger partial charge on any atom is 0.287 e. The van der Waals surface area contributed by atoms with E-state index in [4.69, 9.17) is 0 Å². The number of nitrogens with one attached hydrogen (secondary N) is 2. The zero-order valence-corrected chi connectivity index (χ0v) is 15.6. The molecule has 0 amide bonds. The van der Waals surface area contributed by atoms with E-state index >= 15 is 0 Å².